The lowest BCUT2D eigenvalue weighted by molar-refractivity contribution is -0.384. The maximum Gasteiger partial charge on any atom is 0.269 e. The van der Waals surface area contributed by atoms with Crippen molar-refractivity contribution in [1.29, 1.82) is 0 Å². The van der Waals surface area contributed by atoms with Crippen LogP contribution in [0, 0.1) is 10.1 Å². The molecule has 1 aromatic carbocycles. The molecule has 1 aromatic heterocycles. The molecule has 1 heterocycles. The van der Waals surface area contributed by atoms with Crippen molar-refractivity contribution >= 4 is 28.6 Å². The molecule has 1 amide bonds. The zero-order valence-corrected chi connectivity index (χ0v) is 12.1. The van der Waals surface area contributed by atoms with Crippen molar-refractivity contribution in [1.82, 2.24) is 5.32 Å². The summed E-state index contributed by atoms with van der Waals surface area (Å²) in [5, 5.41) is 18.4. The van der Waals surface area contributed by atoms with E-state index in [4.69, 9.17) is 0 Å². The van der Waals surface area contributed by atoms with Crippen molar-refractivity contribution in [3.8, 4) is 0 Å². The molecule has 2 aromatic rings. The number of hydrogen-bond acceptors (Lipinski definition) is 5. The zero-order chi connectivity index (χ0) is 15.1. The Morgan fingerprint density at radius 2 is 1.95 bits per heavy atom. The molecule has 2 rings (SSSR count). The van der Waals surface area contributed by atoms with E-state index in [1.807, 2.05) is 11.4 Å². The van der Waals surface area contributed by atoms with Gasteiger partial charge in [0.15, 0.2) is 0 Å². The van der Waals surface area contributed by atoms with Gasteiger partial charge in [0, 0.05) is 30.9 Å². The minimum absolute atomic E-state index is 0.0552. The molecule has 0 unspecified atom stereocenters. The van der Waals surface area contributed by atoms with Crippen LogP contribution in [0.3, 0.4) is 0 Å². The highest BCUT2D eigenvalue weighted by Gasteiger charge is 2.05. The zero-order valence-electron chi connectivity index (χ0n) is 11.2. The summed E-state index contributed by atoms with van der Waals surface area (Å²) in [5.41, 5.74) is 0.897. The molecule has 0 saturated heterocycles. The second-order valence-electron chi connectivity index (χ2n) is 4.32. The Hall–Kier alpha value is -2.41. The molecule has 0 aliphatic rings. The van der Waals surface area contributed by atoms with Crippen LogP contribution >= 0.6 is 11.3 Å². The number of nitrogens with one attached hydrogen (secondary N) is 2. The highest BCUT2D eigenvalue weighted by molar-refractivity contribution is 7.12. The molecule has 0 saturated carbocycles. The Morgan fingerprint density at radius 3 is 2.57 bits per heavy atom. The minimum atomic E-state index is -0.427. The van der Waals surface area contributed by atoms with Crippen LogP contribution in [0.5, 0.6) is 0 Å². The van der Waals surface area contributed by atoms with Gasteiger partial charge in [-0.1, -0.05) is 6.07 Å². The molecule has 2 N–H and O–H groups in total. The predicted octanol–water partition coefficient (Wildman–Crippen LogP) is 2.89. The van der Waals surface area contributed by atoms with Crippen LogP contribution in [-0.4, -0.2) is 23.9 Å². The lowest BCUT2D eigenvalue weighted by atomic mass is 10.3. The van der Waals surface area contributed by atoms with E-state index in [0.29, 0.717) is 18.0 Å². The van der Waals surface area contributed by atoms with Gasteiger partial charge in [-0.25, -0.2) is 0 Å². The van der Waals surface area contributed by atoms with E-state index in [1.165, 1.54) is 23.5 Å². The average Bonchev–Trinajstić information content (AvgIpc) is 3.01. The minimum Gasteiger partial charge on any atom is -0.385 e. The van der Waals surface area contributed by atoms with E-state index < -0.39 is 4.92 Å². The van der Waals surface area contributed by atoms with E-state index >= 15 is 0 Å². The lowest BCUT2D eigenvalue weighted by Crippen LogP contribution is -2.25. The molecule has 21 heavy (non-hydrogen) atoms. The number of carbonyl (C=O) groups is 1. The van der Waals surface area contributed by atoms with E-state index in [9.17, 15) is 14.9 Å². The normalized spacial score (nSPS) is 10.1. The number of non-ortho nitro benzene ring substituents is 1. The second kappa shape index (κ2) is 7.39. The van der Waals surface area contributed by atoms with Gasteiger partial charge in [0.25, 0.3) is 11.6 Å². The fraction of sp³-hybridized carbons (Fsp3) is 0.214. The Labute approximate surface area is 126 Å². The summed E-state index contributed by atoms with van der Waals surface area (Å²) in [6.07, 6.45) is 0.772. The summed E-state index contributed by atoms with van der Waals surface area (Å²) in [7, 11) is 0. The molecular weight excluding hydrogens is 290 g/mol. The number of thiophene rings is 1. The quantitative estimate of drug-likeness (QED) is 0.468. The van der Waals surface area contributed by atoms with Crippen molar-refractivity contribution in [2.45, 2.75) is 6.42 Å². The topological polar surface area (TPSA) is 84.3 Å². The number of carbonyl (C=O) groups excluding carboxylic acids is 1. The first-order chi connectivity index (χ1) is 10.2. The van der Waals surface area contributed by atoms with Crippen LogP contribution in [0.25, 0.3) is 0 Å². The highest BCUT2D eigenvalue weighted by atomic mass is 32.1. The van der Waals surface area contributed by atoms with Crippen LogP contribution < -0.4 is 10.6 Å². The maximum absolute atomic E-state index is 11.7. The van der Waals surface area contributed by atoms with Crippen molar-refractivity contribution in [2.24, 2.45) is 0 Å². The molecule has 0 fully saturated rings. The van der Waals surface area contributed by atoms with Gasteiger partial charge in [-0.05, 0) is 30.0 Å². The second-order valence-corrected chi connectivity index (χ2v) is 5.27. The van der Waals surface area contributed by atoms with Crippen molar-refractivity contribution in [2.75, 3.05) is 18.4 Å². The Bertz CT molecular complexity index is 596. The predicted molar refractivity (Wildman–Crippen MR) is 82.9 cm³/mol. The third-order valence-electron chi connectivity index (χ3n) is 2.79. The first-order valence-electron chi connectivity index (χ1n) is 6.47. The number of amides is 1. The number of rotatable bonds is 7. The fourth-order valence-corrected chi connectivity index (χ4v) is 2.36. The van der Waals surface area contributed by atoms with E-state index in [1.54, 1.807) is 18.2 Å². The van der Waals surface area contributed by atoms with Crippen LogP contribution in [-0.2, 0) is 0 Å². The molecule has 0 aliphatic carbocycles. The Balaban J connectivity index is 1.65. The van der Waals surface area contributed by atoms with Gasteiger partial charge in [-0.15, -0.1) is 11.3 Å². The van der Waals surface area contributed by atoms with Gasteiger partial charge in [0.1, 0.15) is 0 Å². The molecule has 7 heteroatoms. The third kappa shape index (κ3) is 4.57. The van der Waals surface area contributed by atoms with Gasteiger partial charge in [-0.3, -0.25) is 14.9 Å². The molecule has 110 valence electrons. The largest absolute Gasteiger partial charge is 0.385 e. The highest BCUT2D eigenvalue weighted by Crippen LogP contribution is 2.15. The number of benzene rings is 1. The fourth-order valence-electron chi connectivity index (χ4n) is 1.72. The van der Waals surface area contributed by atoms with E-state index in [0.717, 1.165) is 12.1 Å². The third-order valence-corrected chi connectivity index (χ3v) is 3.66. The molecule has 0 spiro atoms. The summed E-state index contributed by atoms with van der Waals surface area (Å²) in [4.78, 5) is 22.5. The van der Waals surface area contributed by atoms with Crippen LogP contribution in [0.1, 0.15) is 16.1 Å². The molecule has 0 bridgehead atoms. The van der Waals surface area contributed by atoms with Crippen LogP contribution in [0.15, 0.2) is 41.8 Å². The smallest absolute Gasteiger partial charge is 0.269 e. The van der Waals surface area contributed by atoms with Crippen LogP contribution in [0.4, 0.5) is 11.4 Å². The maximum atomic E-state index is 11.7. The lowest BCUT2D eigenvalue weighted by Gasteiger charge is -2.07. The first-order valence-corrected chi connectivity index (χ1v) is 7.35. The van der Waals surface area contributed by atoms with Gasteiger partial charge in [-0.2, -0.15) is 0 Å². The van der Waals surface area contributed by atoms with Gasteiger partial charge in [0.05, 0.1) is 9.80 Å². The number of nitrogens with zero attached hydrogens (tertiary/aromatic N) is 1. The van der Waals surface area contributed by atoms with Crippen LogP contribution in [0.2, 0.25) is 0 Å². The molecule has 0 aliphatic heterocycles. The number of nitro groups is 1. The summed E-state index contributed by atoms with van der Waals surface area (Å²) in [6, 6.07) is 9.89. The SMILES string of the molecule is O=C(NCCCNc1ccc([N+](=O)[O-])cc1)c1cccs1. The van der Waals surface area contributed by atoms with E-state index in [-0.39, 0.29) is 11.6 Å². The number of nitro benzene ring substituents is 1. The van der Waals surface area contributed by atoms with Crippen molar-refractivity contribution < 1.29 is 9.72 Å². The monoisotopic (exact) mass is 305 g/mol. The van der Waals surface area contributed by atoms with Gasteiger partial charge in [0.2, 0.25) is 0 Å². The molecule has 0 atom stereocenters. The molecular formula is C14H15N3O3S. The number of anilines is 1. The number of hydrogen-bond donors (Lipinski definition) is 2. The van der Waals surface area contributed by atoms with Crippen molar-refractivity contribution in [3.05, 3.63) is 56.8 Å². The summed E-state index contributed by atoms with van der Waals surface area (Å²) in [6.45, 7) is 1.26. The standard InChI is InChI=1S/C14H15N3O3S/c18-14(13-3-1-10-21-13)16-9-2-8-15-11-4-6-12(7-5-11)17(19)20/h1,3-7,10,15H,2,8-9H2,(H,16,18). The summed E-state index contributed by atoms with van der Waals surface area (Å²) < 4.78 is 0. The first kappa shape index (κ1) is 15.0. The Kier molecular flexibility index (Phi) is 5.28. The summed E-state index contributed by atoms with van der Waals surface area (Å²) >= 11 is 1.41. The van der Waals surface area contributed by atoms with E-state index in [2.05, 4.69) is 10.6 Å². The van der Waals surface area contributed by atoms with Gasteiger partial charge >= 0.3 is 0 Å². The summed E-state index contributed by atoms with van der Waals surface area (Å²) in [5.74, 6) is -0.0552. The van der Waals surface area contributed by atoms with Gasteiger partial charge < -0.3 is 10.6 Å². The van der Waals surface area contributed by atoms with Crippen molar-refractivity contribution in [3.63, 3.8) is 0 Å². The molecule has 6 nitrogen and oxygen atoms in total. The Morgan fingerprint density at radius 1 is 1.19 bits per heavy atom. The average molecular weight is 305 g/mol. The molecule has 0 radical (unpaired) electrons.